The summed E-state index contributed by atoms with van der Waals surface area (Å²) in [6.45, 7) is 4.33. The summed E-state index contributed by atoms with van der Waals surface area (Å²) in [6.07, 6.45) is 34.9. The van der Waals surface area contributed by atoms with Crippen molar-refractivity contribution in [1.29, 1.82) is 0 Å². The highest BCUT2D eigenvalue weighted by Crippen LogP contribution is 2.08. The quantitative estimate of drug-likeness (QED) is 0.0596. The van der Waals surface area contributed by atoms with Crippen LogP contribution >= 0.6 is 0 Å². The fraction of sp³-hybridized carbons (Fsp3) is 0.656. The zero-order valence-electron chi connectivity index (χ0n) is 24.5. The highest BCUT2D eigenvalue weighted by molar-refractivity contribution is 7.85. The third-order valence-corrected chi connectivity index (χ3v) is 6.96. The van der Waals surface area contributed by atoms with Crippen molar-refractivity contribution in [1.82, 2.24) is 5.32 Å². The summed E-state index contributed by atoms with van der Waals surface area (Å²) < 4.78 is 32.1. The molecule has 0 aromatic heterocycles. The van der Waals surface area contributed by atoms with Crippen LogP contribution in [0.2, 0.25) is 0 Å². The van der Waals surface area contributed by atoms with Gasteiger partial charge in [0.2, 0.25) is 5.91 Å². The Balaban J connectivity index is 4.25. The summed E-state index contributed by atoms with van der Waals surface area (Å²) in [5.41, 5.74) is 0. The molecule has 224 valence electrons. The zero-order valence-corrected chi connectivity index (χ0v) is 25.3. The molecule has 7 heteroatoms. The number of aliphatic hydroxyl groups is 1. The van der Waals surface area contributed by atoms with Crippen LogP contribution in [0.15, 0.2) is 60.8 Å². The van der Waals surface area contributed by atoms with E-state index in [9.17, 15) is 22.9 Å². The number of hydrogen-bond acceptors (Lipinski definition) is 4. The van der Waals surface area contributed by atoms with Crippen molar-refractivity contribution in [3.05, 3.63) is 60.8 Å². The maximum Gasteiger partial charge on any atom is 0.267 e. The van der Waals surface area contributed by atoms with Crippen molar-refractivity contribution in [3.8, 4) is 0 Å². The number of nitrogens with one attached hydrogen (secondary N) is 1. The van der Waals surface area contributed by atoms with Gasteiger partial charge in [-0.25, -0.2) is 0 Å². The van der Waals surface area contributed by atoms with Crippen molar-refractivity contribution in [2.45, 2.75) is 129 Å². The third-order valence-electron chi connectivity index (χ3n) is 6.18. The first-order valence-electron chi connectivity index (χ1n) is 15.0. The lowest BCUT2D eigenvalue weighted by Gasteiger charge is -2.21. The average molecular weight is 566 g/mol. The molecule has 0 fully saturated rings. The fourth-order valence-electron chi connectivity index (χ4n) is 3.95. The number of aliphatic hydroxyl groups excluding tert-OH is 1. The largest absolute Gasteiger partial charge is 0.387 e. The normalized spacial score (nSPS) is 14.5. The van der Waals surface area contributed by atoms with E-state index < -0.39 is 28.0 Å². The minimum Gasteiger partial charge on any atom is -0.387 e. The molecule has 39 heavy (non-hydrogen) atoms. The lowest BCUT2D eigenvalue weighted by atomic mass is 10.1. The number of hydrogen-bond donors (Lipinski definition) is 3. The van der Waals surface area contributed by atoms with E-state index in [1.165, 1.54) is 38.2 Å². The van der Waals surface area contributed by atoms with Crippen molar-refractivity contribution < 1.29 is 22.9 Å². The maximum atomic E-state index is 12.3. The van der Waals surface area contributed by atoms with Gasteiger partial charge in [0.25, 0.3) is 10.1 Å². The number of amides is 1. The van der Waals surface area contributed by atoms with E-state index in [4.69, 9.17) is 0 Å². The molecular formula is C32H55NO5S. The molecule has 0 bridgehead atoms. The Bertz CT molecular complexity index is 843. The van der Waals surface area contributed by atoms with Gasteiger partial charge in [0.15, 0.2) is 0 Å². The number of unbranched alkanes of at least 4 members (excludes halogenated alkanes) is 9. The van der Waals surface area contributed by atoms with Crippen LogP contribution in [0.25, 0.3) is 0 Å². The Hall–Kier alpha value is -1.96. The van der Waals surface area contributed by atoms with Crippen LogP contribution in [0.1, 0.15) is 117 Å². The summed E-state index contributed by atoms with van der Waals surface area (Å²) >= 11 is 0. The molecular weight excluding hydrogens is 510 g/mol. The Morgan fingerprint density at radius 1 is 0.718 bits per heavy atom. The lowest BCUT2D eigenvalue weighted by molar-refractivity contribution is -0.122. The van der Waals surface area contributed by atoms with Crippen LogP contribution in [0.3, 0.4) is 0 Å². The van der Waals surface area contributed by atoms with Gasteiger partial charge >= 0.3 is 0 Å². The van der Waals surface area contributed by atoms with E-state index in [0.717, 1.165) is 51.4 Å². The van der Waals surface area contributed by atoms with E-state index in [0.29, 0.717) is 12.8 Å². The summed E-state index contributed by atoms with van der Waals surface area (Å²) in [7, 11) is -4.35. The van der Waals surface area contributed by atoms with E-state index >= 15 is 0 Å². The highest BCUT2D eigenvalue weighted by atomic mass is 32.2. The molecule has 0 aliphatic heterocycles. The molecule has 0 rings (SSSR count). The molecule has 0 radical (unpaired) electrons. The van der Waals surface area contributed by atoms with Gasteiger partial charge in [-0.05, 0) is 64.2 Å². The Morgan fingerprint density at radius 3 is 1.90 bits per heavy atom. The first-order valence-corrected chi connectivity index (χ1v) is 16.6. The van der Waals surface area contributed by atoms with Crippen LogP contribution in [0.5, 0.6) is 0 Å². The van der Waals surface area contributed by atoms with Crippen molar-refractivity contribution in [3.63, 3.8) is 0 Å². The van der Waals surface area contributed by atoms with Gasteiger partial charge in [0.1, 0.15) is 0 Å². The zero-order chi connectivity index (χ0) is 29.0. The highest BCUT2D eigenvalue weighted by Gasteiger charge is 2.24. The van der Waals surface area contributed by atoms with E-state index in [2.05, 4.69) is 67.8 Å². The van der Waals surface area contributed by atoms with Crippen LogP contribution in [-0.2, 0) is 14.9 Å². The van der Waals surface area contributed by atoms with Crippen molar-refractivity contribution in [2.24, 2.45) is 0 Å². The van der Waals surface area contributed by atoms with Gasteiger partial charge in [0, 0.05) is 6.42 Å². The maximum absolute atomic E-state index is 12.3. The van der Waals surface area contributed by atoms with E-state index in [1.807, 2.05) is 0 Å². The smallest absolute Gasteiger partial charge is 0.267 e. The minimum absolute atomic E-state index is 0.249. The second kappa shape index (κ2) is 26.3. The number of rotatable bonds is 25. The van der Waals surface area contributed by atoms with Crippen LogP contribution in [-0.4, -0.2) is 41.9 Å². The molecule has 0 aromatic carbocycles. The summed E-state index contributed by atoms with van der Waals surface area (Å²) in [4.78, 5) is 12.3. The van der Waals surface area contributed by atoms with E-state index in [-0.39, 0.29) is 12.3 Å². The molecule has 0 saturated carbocycles. The van der Waals surface area contributed by atoms with Gasteiger partial charge in [0.05, 0.1) is 17.9 Å². The molecule has 3 N–H and O–H groups in total. The first kappa shape index (κ1) is 37.0. The molecule has 2 unspecified atom stereocenters. The number of allylic oxidation sites excluding steroid dienone is 9. The molecule has 0 aromatic rings. The summed E-state index contributed by atoms with van der Waals surface area (Å²) in [5.74, 6) is -1.05. The SMILES string of the molecule is CC/C=C\C/C=C\C/C=C\CCCCCC(=O)NC(CS(=O)(=O)O)C(O)/C=C/CC/C=C/CCCCCCC. The molecule has 0 aliphatic rings. The van der Waals surface area contributed by atoms with Gasteiger partial charge < -0.3 is 10.4 Å². The van der Waals surface area contributed by atoms with E-state index in [1.54, 1.807) is 6.08 Å². The van der Waals surface area contributed by atoms with Crippen LogP contribution < -0.4 is 5.32 Å². The van der Waals surface area contributed by atoms with Gasteiger partial charge in [-0.15, -0.1) is 0 Å². The molecule has 0 heterocycles. The topological polar surface area (TPSA) is 104 Å². The monoisotopic (exact) mass is 565 g/mol. The van der Waals surface area contributed by atoms with Crippen molar-refractivity contribution in [2.75, 3.05) is 5.75 Å². The summed E-state index contributed by atoms with van der Waals surface area (Å²) in [5, 5.41) is 13.0. The number of carbonyl (C=O) groups is 1. The molecule has 0 aliphatic carbocycles. The number of carbonyl (C=O) groups excluding carboxylic acids is 1. The van der Waals surface area contributed by atoms with Crippen LogP contribution in [0, 0.1) is 0 Å². The summed E-state index contributed by atoms with van der Waals surface area (Å²) in [6, 6.07) is -1.09. The van der Waals surface area contributed by atoms with Gasteiger partial charge in [-0.3, -0.25) is 9.35 Å². The fourth-order valence-corrected chi connectivity index (χ4v) is 4.68. The second-order valence-electron chi connectivity index (χ2n) is 9.99. The molecule has 0 spiro atoms. The minimum atomic E-state index is -4.35. The van der Waals surface area contributed by atoms with Crippen LogP contribution in [0.4, 0.5) is 0 Å². The Kier molecular flexibility index (Phi) is 25.0. The Morgan fingerprint density at radius 2 is 1.26 bits per heavy atom. The molecule has 1 amide bonds. The lowest BCUT2D eigenvalue weighted by Crippen LogP contribution is -2.46. The molecule has 6 nitrogen and oxygen atoms in total. The van der Waals surface area contributed by atoms with Gasteiger partial charge in [-0.1, -0.05) is 107 Å². The molecule has 2 atom stereocenters. The predicted octanol–water partition coefficient (Wildman–Crippen LogP) is 7.78. The van der Waals surface area contributed by atoms with Gasteiger partial charge in [-0.2, -0.15) is 8.42 Å². The first-order chi connectivity index (χ1) is 18.8. The average Bonchev–Trinajstić information content (AvgIpc) is 2.88. The second-order valence-corrected chi connectivity index (χ2v) is 11.5. The predicted molar refractivity (Wildman–Crippen MR) is 165 cm³/mol. The molecule has 0 saturated heterocycles. The third kappa shape index (κ3) is 27.4. The Labute approximate surface area is 239 Å². The van der Waals surface area contributed by atoms with Crippen molar-refractivity contribution >= 4 is 16.0 Å². The standard InChI is InChI=1S/C32H55NO5S/c1-3-5-7-9-11-13-15-16-18-20-22-24-26-28-32(35)33-30(29-39(36,37)38)31(34)27-25-23-21-19-17-14-12-10-8-6-4-2/h5,7,11,13,16-19,25,27,30-31,34H,3-4,6,8-10,12,14-15,20-24,26,28-29H2,1-2H3,(H,33,35)(H,36,37,38)/b7-5-,13-11-,18-16-,19-17+,27-25+.